The average molecular weight is 497 g/mol. The summed E-state index contributed by atoms with van der Waals surface area (Å²) in [6.45, 7) is -0.310. The van der Waals surface area contributed by atoms with Gasteiger partial charge in [-0.25, -0.2) is 23.8 Å². The number of carbonyl (C=O) groups is 3. The summed E-state index contributed by atoms with van der Waals surface area (Å²) < 4.78 is 25.0. The monoisotopic (exact) mass is 497 g/mol. The molecule has 0 aliphatic carbocycles. The Morgan fingerprint density at radius 2 is 1.72 bits per heavy atom. The first kappa shape index (κ1) is 24.7. The number of halogens is 1. The molecule has 188 valence electrons. The Hall–Kier alpha value is -4.41. The Morgan fingerprint density at radius 1 is 1.08 bits per heavy atom. The Bertz CT molecular complexity index is 1200. The van der Waals surface area contributed by atoms with Crippen molar-refractivity contribution in [2.75, 3.05) is 13.6 Å². The van der Waals surface area contributed by atoms with Gasteiger partial charge in [-0.05, 0) is 17.7 Å². The summed E-state index contributed by atoms with van der Waals surface area (Å²) in [6.07, 6.45) is -3.52. The Labute approximate surface area is 205 Å². The van der Waals surface area contributed by atoms with Crippen LogP contribution in [0.5, 0.6) is 0 Å². The molecule has 2 aromatic carbocycles. The zero-order valence-electron chi connectivity index (χ0n) is 19.3. The number of carboxylic acid groups (broad SMARTS) is 1. The lowest BCUT2D eigenvalue weighted by Gasteiger charge is -2.37. The number of aliphatic hydroxyl groups is 1. The third-order valence-corrected chi connectivity index (χ3v) is 5.89. The van der Waals surface area contributed by atoms with Gasteiger partial charge in [-0.15, -0.1) is 0 Å². The van der Waals surface area contributed by atoms with E-state index >= 15 is 0 Å². The fraction of sp³-hybridized carbons (Fsp3) is 0.280. The number of alkyl halides is 1. The van der Waals surface area contributed by atoms with Crippen LogP contribution in [-0.4, -0.2) is 75.7 Å². The SMILES string of the molecule is CN1C(O)=C(OC(=O)c2ccccc2)C(C(=O)O)=NC1[C@@H]1C[C@H](F)CN1C(=O)OCc1ccccc1. The Kier molecular flexibility index (Phi) is 7.18. The van der Waals surface area contributed by atoms with Crippen LogP contribution < -0.4 is 0 Å². The van der Waals surface area contributed by atoms with E-state index < -0.39 is 53.8 Å². The lowest BCUT2D eigenvalue weighted by atomic mass is 10.1. The maximum absolute atomic E-state index is 14.4. The molecule has 10 nitrogen and oxygen atoms in total. The van der Waals surface area contributed by atoms with Crippen molar-refractivity contribution in [3.63, 3.8) is 0 Å². The van der Waals surface area contributed by atoms with Gasteiger partial charge >= 0.3 is 18.0 Å². The van der Waals surface area contributed by atoms with Gasteiger partial charge in [0.05, 0.1) is 18.2 Å². The zero-order chi connectivity index (χ0) is 25.8. The minimum absolute atomic E-state index is 0.0330. The molecular formula is C25H24FN3O7. The van der Waals surface area contributed by atoms with Crippen LogP contribution in [0, 0.1) is 0 Å². The van der Waals surface area contributed by atoms with Gasteiger partial charge in [0.25, 0.3) is 0 Å². The molecule has 0 bridgehead atoms. The molecular weight excluding hydrogens is 473 g/mol. The van der Waals surface area contributed by atoms with Gasteiger partial charge in [-0.1, -0.05) is 48.5 Å². The van der Waals surface area contributed by atoms with E-state index in [1.165, 1.54) is 19.2 Å². The molecule has 1 amide bonds. The zero-order valence-corrected chi connectivity index (χ0v) is 19.3. The molecule has 2 heterocycles. The van der Waals surface area contributed by atoms with Gasteiger partial charge in [-0.2, -0.15) is 0 Å². The van der Waals surface area contributed by atoms with Crippen molar-refractivity contribution in [3.05, 3.63) is 83.4 Å². The first-order valence-electron chi connectivity index (χ1n) is 11.1. The lowest BCUT2D eigenvalue weighted by molar-refractivity contribution is -0.129. The standard InChI is InChI=1S/C25H24FN3O7/c1-28-21(18-12-17(26)13-29(18)25(34)35-14-15-8-4-2-5-9-15)27-19(23(31)32)20(22(28)30)36-24(33)16-10-6-3-7-11-16/h2-11,17-18,21,30H,12-14H2,1H3,(H,31,32)/t17-,18-,21?/m0/s1. The van der Waals surface area contributed by atoms with Crippen LogP contribution in [0.25, 0.3) is 0 Å². The van der Waals surface area contributed by atoms with Gasteiger partial charge in [0.15, 0.2) is 5.71 Å². The molecule has 2 N–H and O–H groups in total. The van der Waals surface area contributed by atoms with Gasteiger partial charge in [0, 0.05) is 13.5 Å². The summed E-state index contributed by atoms with van der Waals surface area (Å²) in [5.41, 5.74) is 0.153. The van der Waals surface area contributed by atoms with Crippen molar-refractivity contribution >= 4 is 23.7 Å². The highest BCUT2D eigenvalue weighted by Gasteiger charge is 2.46. The van der Waals surface area contributed by atoms with E-state index in [2.05, 4.69) is 4.99 Å². The molecule has 2 aliphatic rings. The second kappa shape index (κ2) is 10.5. The van der Waals surface area contributed by atoms with E-state index in [4.69, 9.17) is 9.47 Å². The molecule has 2 aliphatic heterocycles. The van der Waals surface area contributed by atoms with E-state index in [-0.39, 0.29) is 25.1 Å². The molecule has 4 rings (SSSR count). The summed E-state index contributed by atoms with van der Waals surface area (Å²) in [6, 6.07) is 15.8. The van der Waals surface area contributed by atoms with E-state index in [1.807, 2.05) is 6.07 Å². The fourth-order valence-corrected chi connectivity index (χ4v) is 4.09. The normalized spacial score (nSPS) is 21.7. The first-order chi connectivity index (χ1) is 17.3. The Balaban J connectivity index is 1.56. The second-order valence-corrected chi connectivity index (χ2v) is 8.31. The topological polar surface area (TPSA) is 129 Å². The summed E-state index contributed by atoms with van der Waals surface area (Å²) >= 11 is 0. The predicted molar refractivity (Wildman–Crippen MR) is 125 cm³/mol. The first-order valence-corrected chi connectivity index (χ1v) is 11.1. The van der Waals surface area contributed by atoms with Crippen LogP contribution in [0.2, 0.25) is 0 Å². The number of hydrogen-bond donors (Lipinski definition) is 2. The van der Waals surface area contributed by atoms with Gasteiger partial charge in [-0.3, -0.25) is 4.90 Å². The minimum Gasteiger partial charge on any atom is -0.492 e. The molecule has 1 fully saturated rings. The van der Waals surface area contributed by atoms with Crippen LogP contribution in [0.15, 0.2) is 77.3 Å². The van der Waals surface area contributed by atoms with E-state index in [1.54, 1.807) is 42.5 Å². The number of nitrogens with zero attached hydrogens (tertiary/aromatic N) is 3. The molecule has 3 atom stereocenters. The summed E-state index contributed by atoms with van der Waals surface area (Å²) in [5.74, 6) is -3.79. The van der Waals surface area contributed by atoms with E-state index in [0.29, 0.717) is 0 Å². The molecule has 1 unspecified atom stereocenters. The summed E-state index contributed by atoms with van der Waals surface area (Å²) in [7, 11) is 1.37. The number of benzene rings is 2. The largest absolute Gasteiger partial charge is 0.492 e. The number of rotatable bonds is 6. The van der Waals surface area contributed by atoms with Crippen molar-refractivity contribution in [1.82, 2.24) is 9.80 Å². The average Bonchev–Trinajstić information content (AvgIpc) is 3.27. The smallest absolute Gasteiger partial charge is 0.410 e. The van der Waals surface area contributed by atoms with Crippen LogP contribution >= 0.6 is 0 Å². The van der Waals surface area contributed by atoms with Crippen LogP contribution in [-0.2, 0) is 20.9 Å². The quantitative estimate of drug-likeness (QED) is 0.583. The second-order valence-electron chi connectivity index (χ2n) is 8.31. The number of hydrogen-bond acceptors (Lipinski definition) is 8. The summed E-state index contributed by atoms with van der Waals surface area (Å²) in [4.78, 5) is 43.7. The van der Waals surface area contributed by atoms with Crippen molar-refractivity contribution in [2.45, 2.75) is 31.4 Å². The third-order valence-electron chi connectivity index (χ3n) is 5.89. The molecule has 0 spiro atoms. The minimum atomic E-state index is -1.57. The molecule has 0 radical (unpaired) electrons. The van der Waals surface area contributed by atoms with Crippen molar-refractivity contribution in [3.8, 4) is 0 Å². The lowest BCUT2D eigenvalue weighted by Crippen LogP contribution is -2.51. The number of aliphatic imine (C=N–C) groups is 1. The molecule has 1 saturated heterocycles. The maximum atomic E-state index is 14.4. The van der Waals surface area contributed by atoms with Crippen molar-refractivity contribution < 1.29 is 38.5 Å². The van der Waals surface area contributed by atoms with Gasteiger partial charge in [0.1, 0.15) is 18.9 Å². The van der Waals surface area contributed by atoms with Gasteiger partial charge in [0.2, 0.25) is 11.6 Å². The van der Waals surface area contributed by atoms with Crippen molar-refractivity contribution in [2.24, 2.45) is 4.99 Å². The van der Waals surface area contributed by atoms with Crippen LogP contribution in [0.4, 0.5) is 9.18 Å². The third kappa shape index (κ3) is 5.14. The molecule has 0 saturated carbocycles. The number of aliphatic hydroxyl groups excluding tert-OH is 1. The number of likely N-dealkylation sites (N-methyl/N-ethyl adjacent to an activating group) is 1. The highest BCUT2D eigenvalue weighted by molar-refractivity contribution is 6.42. The number of amides is 1. The van der Waals surface area contributed by atoms with Crippen LogP contribution in [0.3, 0.4) is 0 Å². The van der Waals surface area contributed by atoms with Gasteiger partial charge < -0.3 is 24.6 Å². The van der Waals surface area contributed by atoms with Crippen LogP contribution in [0.1, 0.15) is 22.3 Å². The number of esters is 1. The Morgan fingerprint density at radius 3 is 2.36 bits per heavy atom. The molecule has 36 heavy (non-hydrogen) atoms. The molecule has 0 aromatic heterocycles. The number of carbonyl (C=O) groups excluding carboxylic acids is 2. The predicted octanol–water partition coefficient (Wildman–Crippen LogP) is 3.12. The number of ether oxygens (including phenoxy) is 2. The highest BCUT2D eigenvalue weighted by atomic mass is 19.1. The number of aliphatic carboxylic acids is 1. The number of likely N-dealkylation sites (tertiary alicyclic amines) is 1. The maximum Gasteiger partial charge on any atom is 0.410 e. The summed E-state index contributed by atoms with van der Waals surface area (Å²) in [5, 5.41) is 20.5. The van der Waals surface area contributed by atoms with E-state index in [9.17, 15) is 29.0 Å². The molecule has 11 heteroatoms. The van der Waals surface area contributed by atoms with E-state index in [0.717, 1.165) is 15.4 Å². The van der Waals surface area contributed by atoms with Crippen molar-refractivity contribution in [1.29, 1.82) is 0 Å². The molecule has 2 aromatic rings. The highest BCUT2D eigenvalue weighted by Crippen LogP contribution is 2.31. The fourth-order valence-electron chi connectivity index (χ4n) is 4.09. The number of carboxylic acids is 1.